The number of aromatic nitrogens is 2. The molecular weight excluding hydrogens is 314 g/mol. The molecule has 0 aliphatic rings. The molecule has 0 fully saturated rings. The van der Waals surface area contributed by atoms with Gasteiger partial charge in [-0.15, -0.1) is 11.3 Å². The van der Waals surface area contributed by atoms with E-state index < -0.39 is 0 Å². The van der Waals surface area contributed by atoms with Gasteiger partial charge < -0.3 is 5.32 Å². The van der Waals surface area contributed by atoms with Crippen LogP contribution < -0.4 is 5.32 Å². The molecule has 2 heterocycles. The number of thiazole rings is 1. The van der Waals surface area contributed by atoms with Crippen LogP contribution in [0.1, 0.15) is 26.1 Å². The van der Waals surface area contributed by atoms with Gasteiger partial charge in [-0.05, 0) is 48.8 Å². The number of aryl methyl sites for hydroxylation is 3. The molecule has 0 aliphatic heterocycles. The molecule has 2 aromatic heterocycles. The van der Waals surface area contributed by atoms with Crippen LogP contribution in [0.15, 0.2) is 16.7 Å². The van der Waals surface area contributed by atoms with Crippen LogP contribution in [-0.4, -0.2) is 15.9 Å². The van der Waals surface area contributed by atoms with Crippen molar-refractivity contribution in [3.63, 3.8) is 0 Å². The summed E-state index contributed by atoms with van der Waals surface area (Å²) in [5.74, 6) is -0.134. The first-order valence-electron chi connectivity index (χ1n) is 5.36. The zero-order valence-corrected chi connectivity index (χ0v) is 12.6. The molecule has 0 saturated heterocycles. The van der Waals surface area contributed by atoms with Crippen LogP contribution in [-0.2, 0) is 0 Å². The van der Waals surface area contributed by atoms with Gasteiger partial charge in [0.25, 0.3) is 5.91 Å². The number of halogens is 1. The second kappa shape index (κ2) is 5.16. The second-order valence-electron chi connectivity index (χ2n) is 3.87. The Morgan fingerprint density at radius 3 is 2.50 bits per heavy atom. The van der Waals surface area contributed by atoms with E-state index in [1.54, 1.807) is 6.07 Å². The Morgan fingerprint density at radius 1 is 1.22 bits per heavy atom. The van der Waals surface area contributed by atoms with Crippen molar-refractivity contribution in [2.24, 2.45) is 0 Å². The molecule has 4 nitrogen and oxygen atoms in total. The van der Waals surface area contributed by atoms with E-state index in [9.17, 15) is 4.79 Å². The monoisotopic (exact) mass is 325 g/mol. The summed E-state index contributed by atoms with van der Waals surface area (Å²) in [5, 5.41) is 3.75. The number of nitrogens with one attached hydrogen (secondary N) is 1. The molecule has 0 unspecified atom stereocenters. The van der Waals surface area contributed by atoms with Crippen molar-refractivity contribution in [3.05, 3.63) is 38.0 Å². The van der Waals surface area contributed by atoms with Gasteiger partial charge in [-0.25, -0.2) is 9.97 Å². The number of anilines is 1. The zero-order valence-electron chi connectivity index (χ0n) is 10.2. The Kier molecular flexibility index (Phi) is 3.77. The highest BCUT2D eigenvalue weighted by molar-refractivity contribution is 9.10. The van der Waals surface area contributed by atoms with Gasteiger partial charge in [0, 0.05) is 0 Å². The van der Waals surface area contributed by atoms with Crippen molar-refractivity contribution >= 4 is 38.9 Å². The molecule has 0 aromatic carbocycles. The summed E-state index contributed by atoms with van der Waals surface area (Å²) >= 11 is 4.69. The summed E-state index contributed by atoms with van der Waals surface area (Å²) in [6, 6.07) is 3.63. The molecular formula is C12H12BrN3OS. The van der Waals surface area contributed by atoms with Gasteiger partial charge in [0.05, 0.1) is 22.1 Å². The van der Waals surface area contributed by atoms with E-state index in [0.29, 0.717) is 10.6 Å². The maximum absolute atomic E-state index is 12.1. The minimum atomic E-state index is -0.134. The first-order valence-corrected chi connectivity index (χ1v) is 6.97. The van der Waals surface area contributed by atoms with E-state index in [4.69, 9.17) is 0 Å². The highest BCUT2D eigenvalue weighted by Gasteiger charge is 2.14. The summed E-state index contributed by atoms with van der Waals surface area (Å²) in [6.07, 6.45) is 0. The van der Waals surface area contributed by atoms with E-state index in [1.165, 1.54) is 11.3 Å². The van der Waals surface area contributed by atoms with Gasteiger partial charge in [0.2, 0.25) is 0 Å². The number of hydrogen-bond donors (Lipinski definition) is 1. The van der Waals surface area contributed by atoms with Gasteiger partial charge in [-0.3, -0.25) is 4.79 Å². The summed E-state index contributed by atoms with van der Waals surface area (Å²) in [4.78, 5) is 21.2. The molecule has 2 aromatic rings. The molecule has 18 heavy (non-hydrogen) atoms. The fourth-order valence-corrected chi connectivity index (χ4v) is 2.80. The molecule has 0 radical (unpaired) electrons. The number of rotatable bonds is 2. The molecule has 6 heteroatoms. The molecule has 1 N–H and O–H groups in total. The van der Waals surface area contributed by atoms with Gasteiger partial charge in [0.15, 0.2) is 0 Å². The molecule has 2 rings (SSSR count). The number of amides is 1. The molecule has 0 aliphatic carbocycles. The van der Waals surface area contributed by atoms with Crippen LogP contribution in [0, 0.1) is 20.8 Å². The SMILES string of the molecule is Cc1nc(C)c(C(=O)Nc2ccc(Br)nc2C)s1. The maximum atomic E-state index is 12.1. The standard InChI is InChI=1S/C12H12BrN3OS/c1-6-9(4-5-10(13)15-6)16-12(17)11-7(2)14-8(3)18-11/h4-5H,1-3H3,(H,16,17). The van der Waals surface area contributed by atoms with Crippen LogP contribution in [0.25, 0.3) is 0 Å². The molecule has 0 bridgehead atoms. The van der Waals surface area contributed by atoms with Crippen molar-refractivity contribution in [2.45, 2.75) is 20.8 Å². The smallest absolute Gasteiger partial charge is 0.267 e. The van der Waals surface area contributed by atoms with Crippen molar-refractivity contribution in [1.29, 1.82) is 0 Å². The zero-order chi connectivity index (χ0) is 13.3. The normalized spacial score (nSPS) is 10.4. The van der Waals surface area contributed by atoms with E-state index >= 15 is 0 Å². The third-order valence-corrected chi connectivity index (χ3v) is 3.92. The highest BCUT2D eigenvalue weighted by atomic mass is 79.9. The Balaban J connectivity index is 2.24. The van der Waals surface area contributed by atoms with Crippen LogP contribution in [0.4, 0.5) is 5.69 Å². The maximum Gasteiger partial charge on any atom is 0.267 e. The van der Waals surface area contributed by atoms with Crippen molar-refractivity contribution in [2.75, 3.05) is 5.32 Å². The Hall–Kier alpha value is -1.27. The van der Waals surface area contributed by atoms with E-state index in [2.05, 4.69) is 31.2 Å². The first kappa shape index (κ1) is 13.2. The number of pyridine rings is 1. The largest absolute Gasteiger partial charge is 0.320 e. The number of hydrogen-bond acceptors (Lipinski definition) is 4. The summed E-state index contributed by atoms with van der Waals surface area (Å²) in [5.41, 5.74) is 2.25. The lowest BCUT2D eigenvalue weighted by Gasteiger charge is -2.07. The van der Waals surface area contributed by atoms with Gasteiger partial charge in [-0.2, -0.15) is 0 Å². The Bertz CT molecular complexity index is 609. The molecule has 1 amide bonds. The Labute approximate surface area is 118 Å². The minimum absolute atomic E-state index is 0.134. The lowest BCUT2D eigenvalue weighted by atomic mass is 10.3. The molecule has 0 atom stereocenters. The number of nitrogens with zero attached hydrogens (tertiary/aromatic N) is 2. The fourth-order valence-electron chi connectivity index (χ4n) is 1.58. The van der Waals surface area contributed by atoms with Crippen LogP contribution >= 0.6 is 27.3 Å². The number of carbonyl (C=O) groups is 1. The van der Waals surface area contributed by atoms with E-state index in [1.807, 2.05) is 26.8 Å². The lowest BCUT2D eigenvalue weighted by Crippen LogP contribution is -2.12. The van der Waals surface area contributed by atoms with Crippen molar-refractivity contribution in [1.82, 2.24) is 9.97 Å². The number of carbonyl (C=O) groups excluding carboxylic acids is 1. The van der Waals surface area contributed by atoms with Gasteiger partial charge >= 0.3 is 0 Å². The highest BCUT2D eigenvalue weighted by Crippen LogP contribution is 2.21. The van der Waals surface area contributed by atoms with Crippen molar-refractivity contribution < 1.29 is 4.79 Å². The van der Waals surface area contributed by atoms with Crippen molar-refractivity contribution in [3.8, 4) is 0 Å². The average molecular weight is 326 g/mol. The fraction of sp³-hybridized carbons (Fsp3) is 0.250. The summed E-state index contributed by atoms with van der Waals surface area (Å²) in [6.45, 7) is 5.58. The average Bonchev–Trinajstić information content (AvgIpc) is 2.62. The third-order valence-electron chi connectivity index (χ3n) is 2.41. The quantitative estimate of drug-likeness (QED) is 0.860. The van der Waals surface area contributed by atoms with Crippen LogP contribution in [0.5, 0.6) is 0 Å². The van der Waals surface area contributed by atoms with Gasteiger partial charge in [0.1, 0.15) is 9.48 Å². The molecule has 0 saturated carbocycles. The predicted molar refractivity (Wildman–Crippen MR) is 76.2 cm³/mol. The second-order valence-corrected chi connectivity index (χ2v) is 5.88. The topological polar surface area (TPSA) is 54.9 Å². The summed E-state index contributed by atoms with van der Waals surface area (Å²) in [7, 11) is 0. The lowest BCUT2D eigenvalue weighted by molar-refractivity contribution is 0.102. The minimum Gasteiger partial charge on any atom is -0.320 e. The first-order chi connectivity index (χ1) is 8.47. The molecule has 94 valence electrons. The predicted octanol–water partition coefficient (Wildman–Crippen LogP) is 3.48. The third kappa shape index (κ3) is 2.76. The van der Waals surface area contributed by atoms with Crippen LogP contribution in [0.3, 0.4) is 0 Å². The molecule has 0 spiro atoms. The van der Waals surface area contributed by atoms with E-state index in [-0.39, 0.29) is 5.91 Å². The van der Waals surface area contributed by atoms with Gasteiger partial charge in [-0.1, -0.05) is 0 Å². The van der Waals surface area contributed by atoms with E-state index in [0.717, 1.165) is 21.0 Å². The Morgan fingerprint density at radius 2 is 1.94 bits per heavy atom. The summed E-state index contributed by atoms with van der Waals surface area (Å²) < 4.78 is 0.753. The van der Waals surface area contributed by atoms with Crippen LogP contribution in [0.2, 0.25) is 0 Å².